The van der Waals surface area contributed by atoms with Gasteiger partial charge in [-0.1, -0.05) is 0 Å². The molecule has 2 bridgehead atoms. The lowest BCUT2D eigenvalue weighted by molar-refractivity contribution is 0.0546. The first-order chi connectivity index (χ1) is 4.79. The molecule has 3 heteroatoms. The molecule has 3 aliphatic rings. The number of hydrogen-bond donors (Lipinski definition) is 2. The lowest BCUT2D eigenvalue weighted by Gasteiger charge is -2.36. The fourth-order valence-corrected chi connectivity index (χ4v) is 2.74. The minimum absolute atomic E-state index is 0. The smallest absolute Gasteiger partial charge is 0.0487 e. The van der Waals surface area contributed by atoms with E-state index in [0.717, 1.165) is 18.4 Å². The summed E-state index contributed by atoms with van der Waals surface area (Å²) in [5, 5.41) is 9.04. The molecule has 0 aromatic carbocycles. The fourth-order valence-electron chi connectivity index (χ4n) is 2.74. The molecule has 3 N–H and O–H groups in total. The lowest BCUT2D eigenvalue weighted by Crippen LogP contribution is -2.31. The number of aliphatic hydroxyl groups is 1. The van der Waals surface area contributed by atoms with Gasteiger partial charge in [0.25, 0.3) is 0 Å². The van der Waals surface area contributed by atoms with Crippen LogP contribution in [0.4, 0.5) is 0 Å². The minimum atomic E-state index is 0. The summed E-state index contributed by atoms with van der Waals surface area (Å²) in [6.45, 7) is 1.21. The van der Waals surface area contributed by atoms with Gasteiger partial charge in [-0.25, -0.2) is 0 Å². The highest BCUT2D eigenvalue weighted by Gasteiger charge is 2.54. The van der Waals surface area contributed by atoms with Crippen LogP contribution in [-0.2, 0) is 0 Å². The summed E-state index contributed by atoms with van der Waals surface area (Å²) in [5.41, 5.74) is 5.91. The predicted octanol–water partition coefficient (Wildman–Crippen LogP) is 0.775. The van der Waals surface area contributed by atoms with Crippen molar-refractivity contribution in [2.45, 2.75) is 19.3 Å². The van der Waals surface area contributed by atoms with Gasteiger partial charge in [0, 0.05) is 6.61 Å². The Morgan fingerprint density at radius 2 is 2.00 bits per heavy atom. The number of nitrogens with two attached hydrogens (primary N) is 1. The van der Waals surface area contributed by atoms with Crippen molar-refractivity contribution in [3.05, 3.63) is 0 Å². The Hall–Kier alpha value is 0.210. The Bertz CT molecular complexity index is 145. The van der Waals surface area contributed by atoms with Crippen molar-refractivity contribution in [3.63, 3.8) is 0 Å². The summed E-state index contributed by atoms with van der Waals surface area (Å²) in [5.74, 6) is 1.59. The van der Waals surface area contributed by atoms with E-state index in [-0.39, 0.29) is 12.4 Å². The van der Waals surface area contributed by atoms with E-state index in [4.69, 9.17) is 10.8 Å². The Labute approximate surface area is 73.6 Å². The van der Waals surface area contributed by atoms with E-state index in [1.165, 1.54) is 19.3 Å². The van der Waals surface area contributed by atoms with Crippen LogP contribution in [0.1, 0.15) is 19.3 Å². The van der Waals surface area contributed by atoms with Crippen molar-refractivity contribution < 1.29 is 5.11 Å². The van der Waals surface area contributed by atoms with Crippen molar-refractivity contribution in [1.82, 2.24) is 0 Å². The van der Waals surface area contributed by atoms with E-state index in [1.54, 1.807) is 0 Å². The zero-order valence-electron chi connectivity index (χ0n) is 6.62. The van der Waals surface area contributed by atoms with Crippen molar-refractivity contribution in [3.8, 4) is 0 Å². The van der Waals surface area contributed by atoms with Gasteiger partial charge in [0.15, 0.2) is 0 Å². The Morgan fingerprint density at radius 1 is 1.36 bits per heavy atom. The van der Waals surface area contributed by atoms with Gasteiger partial charge in [-0.15, -0.1) is 12.4 Å². The molecule has 0 spiro atoms. The maximum absolute atomic E-state index is 9.04. The molecule has 0 radical (unpaired) electrons. The molecule has 11 heavy (non-hydrogen) atoms. The topological polar surface area (TPSA) is 46.2 Å². The third-order valence-corrected chi connectivity index (χ3v) is 3.39. The van der Waals surface area contributed by atoms with Crippen LogP contribution in [0.3, 0.4) is 0 Å². The summed E-state index contributed by atoms with van der Waals surface area (Å²) in [7, 11) is 0. The zero-order chi connectivity index (χ0) is 7.19. The summed E-state index contributed by atoms with van der Waals surface area (Å²) in [6, 6.07) is 0. The molecule has 0 amide bonds. The van der Waals surface area contributed by atoms with Gasteiger partial charge >= 0.3 is 0 Å². The van der Waals surface area contributed by atoms with E-state index >= 15 is 0 Å². The Morgan fingerprint density at radius 3 is 2.27 bits per heavy atom. The van der Waals surface area contributed by atoms with Crippen LogP contribution in [0.2, 0.25) is 0 Å². The summed E-state index contributed by atoms with van der Waals surface area (Å²) in [6.07, 6.45) is 3.67. The average Bonchev–Trinajstić information content (AvgIpc) is 2.38. The van der Waals surface area contributed by atoms with Gasteiger partial charge in [-0.3, -0.25) is 0 Å². The molecule has 0 aliphatic heterocycles. The number of halogens is 1. The van der Waals surface area contributed by atoms with Crippen molar-refractivity contribution in [1.29, 1.82) is 0 Å². The van der Waals surface area contributed by atoms with Crippen molar-refractivity contribution >= 4 is 12.4 Å². The molecule has 0 aromatic heterocycles. The maximum atomic E-state index is 9.04. The second kappa shape index (κ2) is 2.92. The third-order valence-electron chi connectivity index (χ3n) is 3.39. The highest BCUT2D eigenvalue weighted by molar-refractivity contribution is 5.85. The molecule has 1 unspecified atom stereocenters. The Kier molecular flexibility index (Phi) is 2.47. The van der Waals surface area contributed by atoms with E-state index < -0.39 is 0 Å². The van der Waals surface area contributed by atoms with E-state index in [1.807, 2.05) is 0 Å². The molecule has 0 aromatic rings. The molecule has 3 aliphatic carbocycles. The maximum Gasteiger partial charge on any atom is 0.0487 e. The quantitative estimate of drug-likeness (QED) is 0.655. The molecule has 1 atom stereocenters. The zero-order valence-corrected chi connectivity index (χ0v) is 7.44. The summed E-state index contributed by atoms with van der Waals surface area (Å²) >= 11 is 0. The number of aliphatic hydroxyl groups excluding tert-OH is 1. The number of fused-ring (bicyclic) bond motifs is 1. The average molecular weight is 178 g/mol. The van der Waals surface area contributed by atoms with E-state index in [0.29, 0.717) is 12.0 Å². The van der Waals surface area contributed by atoms with Crippen LogP contribution in [-0.4, -0.2) is 18.3 Å². The molecule has 3 fully saturated rings. The van der Waals surface area contributed by atoms with Gasteiger partial charge < -0.3 is 10.8 Å². The van der Waals surface area contributed by atoms with E-state index in [2.05, 4.69) is 0 Å². The molecule has 66 valence electrons. The largest absolute Gasteiger partial charge is 0.396 e. The summed E-state index contributed by atoms with van der Waals surface area (Å²) < 4.78 is 0. The minimum Gasteiger partial charge on any atom is -0.396 e. The molecule has 2 nitrogen and oxygen atoms in total. The van der Waals surface area contributed by atoms with Gasteiger partial charge in [0.1, 0.15) is 0 Å². The van der Waals surface area contributed by atoms with E-state index in [9.17, 15) is 0 Å². The SMILES string of the molecule is Cl.NCC1CC2(CO)CC1C2. The second-order valence-corrected chi connectivity index (χ2v) is 4.03. The number of hydrogen-bond acceptors (Lipinski definition) is 2. The van der Waals surface area contributed by atoms with Crippen LogP contribution in [0.25, 0.3) is 0 Å². The Balaban J connectivity index is 0.000000605. The van der Waals surface area contributed by atoms with Gasteiger partial charge in [0.2, 0.25) is 0 Å². The first kappa shape index (κ1) is 9.30. The lowest BCUT2D eigenvalue weighted by atomic mass is 9.70. The standard InChI is InChI=1S/C8H15NO.ClH/c9-4-7-3-8(5-10)1-6(7)2-8;/h6-7,10H,1-5,9H2;1H. The first-order valence-electron chi connectivity index (χ1n) is 4.11. The highest BCUT2D eigenvalue weighted by Crippen LogP contribution is 2.60. The molecule has 3 saturated carbocycles. The van der Waals surface area contributed by atoms with Gasteiger partial charge in [-0.2, -0.15) is 0 Å². The second-order valence-electron chi connectivity index (χ2n) is 4.03. The van der Waals surface area contributed by atoms with Crippen LogP contribution in [0, 0.1) is 17.3 Å². The van der Waals surface area contributed by atoms with Crippen LogP contribution in [0.15, 0.2) is 0 Å². The molecule has 3 rings (SSSR count). The van der Waals surface area contributed by atoms with Crippen LogP contribution < -0.4 is 5.73 Å². The van der Waals surface area contributed by atoms with Crippen LogP contribution >= 0.6 is 12.4 Å². The van der Waals surface area contributed by atoms with Crippen molar-refractivity contribution in [2.24, 2.45) is 23.0 Å². The fraction of sp³-hybridized carbons (Fsp3) is 1.00. The normalized spacial score (nSPS) is 46.4. The van der Waals surface area contributed by atoms with Gasteiger partial charge in [0.05, 0.1) is 0 Å². The van der Waals surface area contributed by atoms with Gasteiger partial charge in [-0.05, 0) is 43.1 Å². The molecule has 0 heterocycles. The van der Waals surface area contributed by atoms with Crippen LogP contribution in [0.5, 0.6) is 0 Å². The molecule has 0 saturated heterocycles. The number of rotatable bonds is 2. The first-order valence-corrected chi connectivity index (χ1v) is 4.11. The van der Waals surface area contributed by atoms with Crippen molar-refractivity contribution in [2.75, 3.05) is 13.2 Å². The third kappa shape index (κ3) is 1.17. The highest BCUT2D eigenvalue weighted by atomic mass is 35.5. The molecular formula is C8H16ClNO. The molecular weight excluding hydrogens is 162 g/mol. The summed E-state index contributed by atoms with van der Waals surface area (Å²) in [4.78, 5) is 0. The predicted molar refractivity (Wildman–Crippen MR) is 46.7 cm³/mol. The monoisotopic (exact) mass is 177 g/mol.